The van der Waals surface area contributed by atoms with E-state index in [4.69, 9.17) is 4.74 Å². The Balaban J connectivity index is 2.49. The Morgan fingerprint density at radius 2 is 2.05 bits per heavy atom. The molecule has 5 heteroatoms. The van der Waals surface area contributed by atoms with Crippen LogP contribution in [0.25, 0.3) is 0 Å². The maximum absolute atomic E-state index is 11.6. The fourth-order valence-corrected chi connectivity index (χ4v) is 1.57. The van der Waals surface area contributed by atoms with E-state index in [1.54, 1.807) is 26.0 Å². The van der Waals surface area contributed by atoms with Crippen molar-refractivity contribution in [3.05, 3.63) is 29.8 Å². The molecule has 0 saturated carbocycles. The standard InChI is InChI=1S/C14H19NO4/c1-9(2)13(14(17)18)15-12(16)8-19-11-6-4-5-10(3)7-11/h4-7,9,13H,8H2,1-3H3,(H,15,16)(H,17,18)/p-1/t13-/m1/s1. The molecule has 1 amide bonds. The summed E-state index contributed by atoms with van der Waals surface area (Å²) in [6, 6.07) is 6.26. The summed E-state index contributed by atoms with van der Waals surface area (Å²) in [5.41, 5.74) is 1.02. The number of amides is 1. The molecule has 0 heterocycles. The van der Waals surface area contributed by atoms with E-state index in [0.29, 0.717) is 5.75 Å². The predicted octanol–water partition coefficient (Wildman–Crippen LogP) is 0.265. The van der Waals surface area contributed by atoms with Crippen molar-refractivity contribution in [3.63, 3.8) is 0 Å². The lowest BCUT2D eigenvalue weighted by Crippen LogP contribution is -2.51. The van der Waals surface area contributed by atoms with E-state index in [-0.39, 0.29) is 12.5 Å². The Hall–Kier alpha value is -2.04. The van der Waals surface area contributed by atoms with Crippen LogP contribution < -0.4 is 15.2 Å². The van der Waals surface area contributed by atoms with Gasteiger partial charge in [0.15, 0.2) is 6.61 Å². The number of ether oxygens (including phenoxy) is 1. The lowest BCUT2D eigenvalue weighted by molar-refractivity contribution is -0.309. The molecule has 0 aromatic heterocycles. The van der Waals surface area contributed by atoms with Gasteiger partial charge in [0.25, 0.3) is 5.91 Å². The second kappa shape index (κ2) is 6.78. The summed E-state index contributed by atoms with van der Waals surface area (Å²) in [6.07, 6.45) is 0. The SMILES string of the molecule is Cc1cccc(OCC(=O)N[C@@H](C(=O)[O-])C(C)C)c1. The van der Waals surface area contributed by atoms with Crippen LogP contribution in [0.4, 0.5) is 0 Å². The van der Waals surface area contributed by atoms with Gasteiger partial charge < -0.3 is 20.0 Å². The van der Waals surface area contributed by atoms with E-state index in [9.17, 15) is 14.7 Å². The van der Waals surface area contributed by atoms with Crippen LogP contribution in [0.15, 0.2) is 24.3 Å². The molecule has 0 bridgehead atoms. The molecule has 0 saturated heterocycles. The molecular weight excluding hydrogens is 246 g/mol. The second-order valence-electron chi connectivity index (χ2n) is 4.71. The number of hydrogen-bond acceptors (Lipinski definition) is 4. The summed E-state index contributed by atoms with van der Waals surface area (Å²) in [7, 11) is 0. The topological polar surface area (TPSA) is 78.5 Å². The minimum absolute atomic E-state index is 0.222. The van der Waals surface area contributed by atoms with Gasteiger partial charge in [-0.3, -0.25) is 4.79 Å². The molecule has 104 valence electrons. The number of benzene rings is 1. The quantitative estimate of drug-likeness (QED) is 0.799. The number of carbonyl (C=O) groups excluding carboxylic acids is 2. The molecule has 0 aliphatic heterocycles. The van der Waals surface area contributed by atoms with Gasteiger partial charge in [0.1, 0.15) is 5.75 Å². The van der Waals surface area contributed by atoms with E-state index < -0.39 is 17.9 Å². The molecular formula is C14H18NO4-. The van der Waals surface area contributed by atoms with E-state index in [2.05, 4.69) is 5.32 Å². The van der Waals surface area contributed by atoms with Gasteiger partial charge >= 0.3 is 0 Å². The van der Waals surface area contributed by atoms with Crippen LogP contribution in [0.5, 0.6) is 5.75 Å². The molecule has 0 spiro atoms. The van der Waals surface area contributed by atoms with Crippen LogP contribution in [0.3, 0.4) is 0 Å². The van der Waals surface area contributed by atoms with Gasteiger partial charge in [-0.25, -0.2) is 0 Å². The van der Waals surface area contributed by atoms with Gasteiger partial charge in [0.2, 0.25) is 0 Å². The normalized spacial score (nSPS) is 12.0. The van der Waals surface area contributed by atoms with Crippen molar-refractivity contribution in [2.45, 2.75) is 26.8 Å². The Bertz CT molecular complexity index is 457. The fraction of sp³-hybridized carbons (Fsp3) is 0.429. The number of carbonyl (C=O) groups is 2. The minimum Gasteiger partial charge on any atom is -0.548 e. The van der Waals surface area contributed by atoms with Crippen LogP contribution in [0, 0.1) is 12.8 Å². The highest BCUT2D eigenvalue weighted by Crippen LogP contribution is 2.12. The Labute approximate surface area is 112 Å². The smallest absolute Gasteiger partial charge is 0.258 e. The van der Waals surface area contributed by atoms with E-state index >= 15 is 0 Å². The zero-order valence-electron chi connectivity index (χ0n) is 11.3. The number of hydrogen-bond donors (Lipinski definition) is 1. The third-order valence-corrected chi connectivity index (χ3v) is 2.60. The van der Waals surface area contributed by atoms with E-state index in [1.165, 1.54) is 0 Å². The largest absolute Gasteiger partial charge is 0.548 e. The van der Waals surface area contributed by atoms with Crippen molar-refractivity contribution in [2.24, 2.45) is 5.92 Å². The third kappa shape index (κ3) is 4.99. The van der Waals surface area contributed by atoms with Crippen molar-refractivity contribution in [3.8, 4) is 5.75 Å². The molecule has 0 fully saturated rings. The van der Waals surface area contributed by atoms with Gasteiger partial charge in [0, 0.05) is 0 Å². The zero-order valence-corrected chi connectivity index (χ0v) is 11.3. The van der Waals surface area contributed by atoms with Crippen LogP contribution in [0.2, 0.25) is 0 Å². The van der Waals surface area contributed by atoms with Crippen molar-refractivity contribution in [1.82, 2.24) is 5.32 Å². The van der Waals surface area contributed by atoms with Crippen molar-refractivity contribution >= 4 is 11.9 Å². The van der Waals surface area contributed by atoms with Crippen molar-refractivity contribution in [2.75, 3.05) is 6.61 Å². The summed E-state index contributed by atoms with van der Waals surface area (Å²) in [5, 5.41) is 13.2. The first-order valence-electron chi connectivity index (χ1n) is 6.10. The number of aliphatic carboxylic acids is 1. The van der Waals surface area contributed by atoms with E-state index in [1.807, 2.05) is 19.1 Å². The van der Waals surface area contributed by atoms with Gasteiger partial charge in [-0.15, -0.1) is 0 Å². The van der Waals surface area contributed by atoms with E-state index in [0.717, 1.165) is 5.56 Å². The first-order chi connectivity index (χ1) is 8.90. The summed E-state index contributed by atoms with van der Waals surface area (Å²) in [6.45, 7) is 5.09. The van der Waals surface area contributed by atoms with Gasteiger partial charge in [0.05, 0.1) is 12.0 Å². The molecule has 1 atom stereocenters. The Morgan fingerprint density at radius 3 is 2.58 bits per heavy atom. The van der Waals surface area contributed by atoms with Crippen molar-refractivity contribution < 1.29 is 19.4 Å². The average Bonchev–Trinajstić information content (AvgIpc) is 2.32. The summed E-state index contributed by atoms with van der Waals surface area (Å²) in [5.74, 6) is -1.44. The molecule has 0 aliphatic rings. The number of aryl methyl sites for hydroxylation is 1. The molecule has 1 aromatic rings. The molecule has 5 nitrogen and oxygen atoms in total. The maximum Gasteiger partial charge on any atom is 0.258 e. The third-order valence-electron chi connectivity index (χ3n) is 2.60. The van der Waals surface area contributed by atoms with Crippen molar-refractivity contribution in [1.29, 1.82) is 0 Å². The fourth-order valence-electron chi connectivity index (χ4n) is 1.57. The molecule has 0 radical (unpaired) electrons. The number of rotatable bonds is 6. The molecule has 1 aromatic carbocycles. The molecule has 0 aliphatic carbocycles. The average molecular weight is 264 g/mol. The first-order valence-corrected chi connectivity index (χ1v) is 6.10. The van der Waals surface area contributed by atoms with Crippen LogP contribution in [0.1, 0.15) is 19.4 Å². The molecule has 1 N–H and O–H groups in total. The first kappa shape index (κ1) is 15.0. The van der Waals surface area contributed by atoms with Gasteiger partial charge in [-0.05, 0) is 30.5 Å². The monoisotopic (exact) mass is 264 g/mol. The van der Waals surface area contributed by atoms with Crippen LogP contribution in [-0.2, 0) is 9.59 Å². The zero-order chi connectivity index (χ0) is 14.4. The summed E-state index contributed by atoms with van der Waals surface area (Å²) in [4.78, 5) is 22.4. The van der Waals surface area contributed by atoms with Gasteiger partial charge in [-0.1, -0.05) is 26.0 Å². The van der Waals surface area contributed by atoms with Crippen LogP contribution >= 0.6 is 0 Å². The highest BCUT2D eigenvalue weighted by molar-refractivity contribution is 5.83. The summed E-state index contributed by atoms with van der Waals surface area (Å²) < 4.78 is 5.28. The minimum atomic E-state index is -1.29. The lowest BCUT2D eigenvalue weighted by Gasteiger charge is -2.23. The van der Waals surface area contributed by atoms with Crippen LogP contribution in [-0.4, -0.2) is 24.5 Å². The second-order valence-corrected chi connectivity index (χ2v) is 4.71. The molecule has 19 heavy (non-hydrogen) atoms. The lowest BCUT2D eigenvalue weighted by atomic mass is 10.1. The predicted molar refractivity (Wildman–Crippen MR) is 68.4 cm³/mol. The highest BCUT2D eigenvalue weighted by Gasteiger charge is 2.17. The maximum atomic E-state index is 11.6. The van der Waals surface area contributed by atoms with Gasteiger partial charge in [-0.2, -0.15) is 0 Å². The number of carboxylic acid groups (broad SMARTS) is 1. The number of carboxylic acids is 1. The number of nitrogens with one attached hydrogen (secondary N) is 1. The summed E-state index contributed by atoms with van der Waals surface area (Å²) >= 11 is 0. The highest BCUT2D eigenvalue weighted by atomic mass is 16.5. The molecule has 0 unspecified atom stereocenters. The Morgan fingerprint density at radius 1 is 1.37 bits per heavy atom. The molecule has 1 rings (SSSR count). The Kier molecular flexibility index (Phi) is 5.36.